The Morgan fingerprint density at radius 1 is 0.968 bits per heavy atom. The minimum atomic E-state index is -0.529. The number of halogens is 1. The molecule has 0 unspecified atom stereocenters. The lowest BCUT2D eigenvalue weighted by molar-refractivity contribution is 0.0464. The number of carbonyl (C=O) groups is 1. The first-order valence-corrected chi connectivity index (χ1v) is 10.6. The Balaban J connectivity index is 1.49. The summed E-state index contributed by atoms with van der Waals surface area (Å²) in [5, 5.41) is 1.16. The minimum Gasteiger partial charge on any atom is -0.454 e. The number of rotatable bonds is 4. The van der Waals surface area contributed by atoms with E-state index in [2.05, 4.69) is 15.0 Å². The van der Waals surface area contributed by atoms with Crippen molar-refractivity contribution in [3.8, 4) is 10.6 Å². The van der Waals surface area contributed by atoms with E-state index in [-0.39, 0.29) is 18.0 Å². The van der Waals surface area contributed by atoms with Crippen molar-refractivity contribution in [1.82, 2.24) is 15.0 Å². The summed E-state index contributed by atoms with van der Waals surface area (Å²) >= 11 is 7.45. The average molecular weight is 448 g/mol. The predicted octanol–water partition coefficient (Wildman–Crippen LogP) is 5.21. The molecule has 31 heavy (non-hydrogen) atoms. The molecule has 1 N–H and O–H groups in total. The van der Waals surface area contributed by atoms with Crippen LogP contribution in [0.4, 0.5) is 0 Å². The SMILES string of the molecule is O=C(OCc1nc2ccccc2c(=O)[nH]1)c1cc(-c2ccc(Cl)s2)nc2ccccc12. The summed E-state index contributed by atoms with van der Waals surface area (Å²) in [6.45, 7) is -0.157. The smallest absolute Gasteiger partial charge is 0.339 e. The summed E-state index contributed by atoms with van der Waals surface area (Å²) < 4.78 is 6.14. The second kappa shape index (κ2) is 7.94. The maximum atomic E-state index is 13.0. The first kappa shape index (κ1) is 19.4. The zero-order valence-corrected chi connectivity index (χ0v) is 17.5. The van der Waals surface area contributed by atoms with Crippen LogP contribution in [0.5, 0.6) is 0 Å². The van der Waals surface area contributed by atoms with Crippen LogP contribution in [-0.4, -0.2) is 20.9 Å². The minimum absolute atomic E-state index is 0.157. The predicted molar refractivity (Wildman–Crippen MR) is 122 cm³/mol. The van der Waals surface area contributed by atoms with Crippen LogP contribution in [-0.2, 0) is 11.3 Å². The molecule has 152 valence electrons. The molecule has 3 heterocycles. The van der Waals surface area contributed by atoms with E-state index in [0.717, 1.165) is 4.88 Å². The number of nitrogens with zero attached hydrogens (tertiary/aromatic N) is 2. The Bertz CT molecular complexity index is 1510. The number of carbonyl (C=O) groups excluding carboxylic acids is 1. The molecule has 5 rings (SSSR count). The van der Waals surface area contributed by atoms with Gasteiger partial charge in [-0.1, -0.05) is 41.9 Å². The van der Waals surface area contributed by atoms with Gasteiger partial charge < -0.3 is 9.72 Å². The molecule has 0 aliphatic heterocycles. The number of thiophene rings is 1. The molecule has 3 aromatic heterocycles. The molecule has 0 bridgehead atoms. The highest BCUT2D eigenvalue weighted by Gasteiger charge is 2.17. The van der Waals surface area contributed by atoms with Crippen LogP contribution >= 0.6 is 22.9 Å². The van der Waals surface area contributed by atoms with E-state index in [9.17, 15) is 9.59 Å². The molecule has 0 aliphatic carbocycles. The highest BCUT2D eigenvalue weighted by Crippen LogP contribution is 2.32. The zero-order chi connectivity index (χ0) is 21.4. The van der Waals surface area contributed by atoms with Crippen molar-refractivity contribution in [3.63, 3.8) is 0 Å². The molecule has 0 fully saturated rings. The van der Waals surface area contributed by atoms with Gasteiger partial charge in [0, 0.05) is 5.39 Å². The fraction of sp³-hybridized carbons (Fsp3) is 0.0435. The van der Waals surface area contributed by atoms with Crippen LogP contribution in [0.15, 0.2) is 71.5 Å². The van der Waals surface area contributed by atoms with Crippen molar-refractivity contribution in [2.45, 2.75) is 6.61 Å². The van der Waals surface area contributed by atoms with Gasteiger partial charge in [0.2, 0.25) is 0 Å². The van der Waals surface area contributed by atoms with E-state index in [4.69, 9.17) is 16.3 Å². The zero-order valence-electron chi connectivity index (χ0n) is 16.0. The lowest BCUT2D eigenvalue weighted by Gasteiger charge is -2.09. The van der Waals surface area contributed by atoms with Gasteiger partial charge >= 0.3 is 5.97 Å². The van der Waals surface area contributed by atoms with Gasteiger partial charge in [-0.3, -0.25) is 4.79 Å². The number of hydrogen-bond donors (Lipinski definition) is 1. The lowest BCUT2D eigenvalue weighted by atomic mass is 10.1. The number of para-hydroxylation sites is 2. The molecule has 0 aliphatic rings. The monoisotopic (exact) mass is 447 g/mol. The van der Waals surface area contributed by atoms with E-state index < -0.39 is 5.97 Å². The van der Waals surface area contributed by atoms with Crippen LogP contribution in [0.2, 0.25) is 4.34 Å². The standard InChI is InChI=1S/C23H14ClN3O3S/c24-20-10-9-19(31-20)18-11-15(13-5-1-3-7-16(13)25-18)23(29)30-12-21-26-17-8-4-2-6-14(17)22(28)27-21/h1-11H,12H2,(H,26,27,28). The number of H-pyrrole nitrogens is 1. The summed E-state index contributed by atoms with van der Waals surface area (Å²) in [7, 11) is 0. The highest BCUT2D eigenvalue weighted by molar-refractivity contribution is 7.19. The van der Waals surface area contributed by atoms with Gasteiger partial charge in [-0.25, -0.2) is 14.8 Å². The number of ether oxygens (including phenoxy) is 1. The number of aromatic amines is 1. The summed E-state index contributed by atoms with van der Waals surface area (Å²) in [4.78, 5) is 37.8. The number of esters is 1. The van der Waals surface area contributed by atoms with Crippen LogP contribution in [0.25, 0.3) is 32.4 Å². The van der Waals surface area contributed by atoms with E-state index >= 15 is 0 Å². The van der Waals surface area contributed by atoms with Gasteiger partial charge in [0.05, 0.1) is 36.9 Å². The van der Waals surface area contributed by atoms with E-state index in [1.807, 2.05) is 30.3 Å². The quantitative estimate of drug-likeness (QED) is 0.382. The molecule has 5 aromatic rings. The molecule has 8 heteroatoms. The molecule has 0 saturated heterocycles. The number of aromatic nitrogens is 3. The van der Waals surface area contributed by atoms with Crippen LogP contribution < -0.4 is 5.56 Å². The Morgan fingerprint density at radius 2 is 1.68 bits per heavy atom. The fourth-order valence-corrected chi connectivity index (χ4v) is 4.34. The first-order valence-electron chi connectivity index (χ1n) is 9.39. The summed E-state index contributed by atoms with van der Waals surface area (Å²) in [5.41, 5.74) is 1.97. The van der Waals surface area contributed by atoms with Crippen molar-refractivity contribution < 1.29 is 9.53 Å². The molecule has 0 amide bonds. The van der Waals surface area contributed by atoms with Crippen molar-refractivity contribution in [3.05, 3.63) is 92.8 Å². The molecule has 2 aromatic carbocycles. The van der Waals surface area contributed by atoms with E-state index in [1.54, 1.807) is 36.4 Å². The fourth-order valence-electron chi connectivity index (χ4n) is 3.34. The number of hydrogen-bond acceptors (Lipinski definition) is 6. The molecular formula is C23H14ClN3O3S. The summed E-state index contributed by atoms with van der Waals surface area (Å²) in [6, 6.07) is 19.7. The summed E-state index contributed by atoms with van der Waals surface area (Å²) in [6.07, 6.45) is 0. The van der Waals surface area contributed by atoms with Gasteiger partial charge in [0.1, 0.15) is 12.4 Å². The second-order valence-corrected chi connectivity index (χ2v) is 8.50. The van der Waals surface area contributed by atoms with Gasteiger partial charge in [0.25, 0.3) is 5.56 Å². The number of fused-ring (bicyclic) bond motifs is 2. The number of nitrogens with one attached hydrogen (secondary N) is 1. The normalized spacial score (nSPS) is 11.1. The molecular weight excluding hydrogens is 434 g/mol. The number of pyridine rings is 1. The van der Waals surface area contributed by atoms with Gasteiger partial charge in [0.15, 0.2) is 0 Å². The molecule has 0 radical (unpaired) electrons. The van der Waals surface area contributed by atoms with Crippen LogP contribution in [0.3, 0.4) is 0 Å². The second-order valence-electron chi connectivity index (χ2n) is 6.78. The van der Waals surface area contributed by atoms with E-state index in [0.29, 0.717) is 37.4 Å². The number of benzene rings is 2. The largest absolute Gasteiger partial charge is 0.454 e. The molecule has 0 atom stereocenters. The van der Waals surface area contributed by atoms with Gasteiger partial charge in [-0.2, -0.15) is 0 Å². The lowest BCUT2D eigenvalue weighted by Crippen LogP contribution is -2.14. The van der Waals surface area contributed by atoms with Crippen molar-refractivity contribution in [1.29, 1.82) is 0 Å². The highest BCUT2D eigenvalue weighted by atomic mass is 35.5. The topological polar surface area (TPSA) is 84.9 Å². The summed E-state index contributed by atoms with van der Waals surface area (Å²) in [5.74, 6) is -0.251. The van der Waals surface area contributed by atoms with Crippen molar-refractivity contribution in [2.24, 2.45) is 0 Å². The van der Waals surface area contributed by atoms with E-state index in [1.165, 1.54) is 11.3 Å². The molecule has 6 nitrogen and oxygen atoms in total. The third-order valence-electron chi connectivity index (χ3n) is 4.76. The Kier molecular flexibility index (Phi) is 4.97. The van der Waals surface area contributed by atoms with Crippen LogP contribution in [0, 0.1) is 0 Å². The molecule has 0 spiro atoms. The van der Waals surface area contributed by atoms with Crippen molar-refractivity contribution >= 4 is 50.7 Å². The Morgan fingerprint density at radius 3 is 2.42 bits per heavy atom. The first-order chi connectivity index (χ1) is 15.1. The Labute approximate surface area is 185 Å². The van der Waals surface area contributed by atoms with Gasteiger partial charge in [-0.15, -0.1) is 11.3 Å². The third kappa shape index (κ3) is 3.81. The van der Waals surface area contributed by atoms with Crippen molar-refractivity contribution in [2.75, 3.05) is 0 Å². The van der Waals surface area contributed by atoms with Gasteiger partial charge in [-0.05, 0) is 36.4 Å². The third-order valence-corrected chi connectivity index (χ3v) is 6.02. The average Bonchev–Trinajstić information content (AvgIpc) is 3.23. The maximum Gasteiger partial charge on any atom is 0.339 e. The maximum absolute atomic E-state index is 13.0. The molecule has 0 saturated carbocycles. The Hall–Kier alpha value is -3.55. The van der Waals surface area contributed by atoms with Crippen LogP contribution in [0.1, 0.15) is 16.2 Å².